The second-order valence-electron chi connectivity index (χ2n) is 6.32. The molecule has 0 saturated heterocycles. The van der Waals surface area contributed by atoms with E-state index in [1.807, 2.05) is 29.7 Å². The zero-order valence-electron chi connectivity index (χ0n) is 15.7. The average molecular weight is 411 g/mol. The third-order valence-electron chi connectivity index (χ3n) is 4.44. The molecule has 0 saturated carbocycles. The predicted octanol–water partition coefficient (Wildman–Crippen LogP) is 3.37. The lowest BCUT2D eigenvalue weighted by Crippen LogP contribution is -2.27. The van der Waals surface area contributed by atoms with Crippen LogP contribution in [0, 0.1) is 0 Å². The Morgan fingerprint density at radius 1 is 1.24 bits per heavy atom. The van der Waals surface area contributed by atoms with Crippen molar-refractivity contribution in [3.8, 4) is 17.1 Å². The molecule has 0 aliphatic rings. The first-order valence-electron chi connectivity index (χ1n) is 9.20. The summed E-state index contributed by atoms with van der Waals surface area (Å²) in [5.41, 5.74) is 1.68. The van der Waals surface area contributed by atoms with E-state index in [-0.39, 0.29) is 11.6 Å². The van der Waals surface area contributed by atoms with Crippen LogP contribution in [-0.4, -0.2) is 37.0 Å². The summed E-state index contributed by atoms with van der Waals surface area (Å²) in [6.07, 6.45) is 3.84. The molecule has 0 aliphatic heterocycles. The van der Waals surface area contributed by atoms with Gasteiger partial charge in [-0.25, -0.2) is 4.68 Å². The number of hydrogen-bond acceptors (Lipinski definition) is 5. The van der Waals surface area contributed by atoms with E-state index in [9.17, 15) is 4.79 Å². The van der Waals surface area contributed by atoms with Crippen molar-refractivity contribution in [3.63, 3.8) is 0 Å². The quantitative estimate of drug-likeness (QED) is 0.504. The largest absolute Gasteiger partial charge is 0.463 e. The molecule has 0 spiro atoms. The number of amides is 1. The van der Waals surface area contributed by atoms with E-state index in [1.54, 1.807) is 41.5 Å². The minimum absolute atomic E-state index is 0.277. The van der Waals surface area contributed by atoms with Crippen molar-refractivity contribution >= 4 is 17.5 Å². The van der Waals surface area contributed by atoms with Gasteiger partial charge in [0.2, 0.25) is 0 Å². The van der Waals surface area contributed by atoms with Crippen molar-refractivity contribution < 1.29 is 9.21 Å². The van der Waals surface area contributed by atoms with Crippen molar-refractivity contribution in [2.24, 2.45) is 0 Å². The maximum absolute atomic E-state index is 12.7. The average Bonchev–Trinajstić information content (AvgIpc) is 3.47. The van der Waals surface area contributed by atoms with Gasteiger partial charge < -0.3 is 14.3 Å². The summed E-state index contributed by atoms with van der Waals surface area (Å²) in [4.78, 5) is 12.7. The van der Waals surface area contributed by atoms with Gasteiger partial charge in [-0.1, -0.05) is 17.7 Å². The van der Waals surface area contributed by atoms with E-state index >= 15 is 0 Å². The van der Waals surface area contributed by atoms with Gasteiger partial charge in [-0.15, -0.1) is 10.2 Å². The number of carbonyl (C=O) groups excluding carboxylic acids is 1. The van der Waals surface area contributed by atoms with Gasteiger partial charge in [-0.05, 0) is 37.3 Å². The van der Waals surface area contributed by atoms with Gasteiger partial charge in [0.25, 0.3) is 5.91 Å². The van der Waals surface area contributed by atoms with Crippen molar-refractivity contribution in [3.05, 3.63) is 71.6 Å². The molecular weight excluding hydrogens is 392 g/mol. The van der Waals surface area contributed by atoms with Crippen LogP contribution in [0.4, 0.5) is 0 Å². The molecule has 148 valence electrons. The first-order valence-corrected chi connectivity index (χ1v) is 9.58. The van der Waals surface area contributed by atoms with E-state index in [0.717, 1.165) is 18.1 Å². The van der Waals surface area contributed by atoms with Crippen LogP contribution in [0.15, 0.2) is 59.5 Å². The number of carbonyl (C=O) groups is 1. The molecule has 0 bridgehead atoms. The molecule has 29 heavy (non-hydrogen) atoms. The first-order chi connectivity index (χ1) is 14.2. The molecule has 4 rings (SSSR count). The molecule has 1 amide bonds. The molecule has 8 nitrogen and oxygen atoms in total. The lowest BCUT2D eigenvalue weighted by Gasteiger charge is -2.06. The number of nitrogens with zero attached hydrogens (tertiary/aromatic N) is 5. The number of aryl methyl sites for hydroxylation is 1. The molecular formula is C20H19ClN6O2. The number of halogens is 1. The van der Waals surface area contributed by atoms with Crippen LogP contribution >= 0.6 is 11.6 Å². The third-order valence-corrected chi connectivity index (χ3v) is 4.67. The Morgan fingerprint density at radius 3 is 2.90 bits per heavy atom. The van der Waals surface area contributed by atoms with Gasteiger partial charge in [0.15, 0.2) is 11.5 Å². The molecule has 3 heterocycles. The fraction of sp³-hybridized carbons (Fsp3) is 0.200. The molecule has 1 N–H and O–H groups in total. The molecule has 4 aromatic rings. The SMILES string of the molecule is CCn1cnnc1CCNC(=O)c1cc(-c2ccco2)n(-c2cccc(Cl)c2)n1. The third kappa shape index (κ3) is 4.07. The first kappa shape index (κ1) is 18.9. The second-order valence-corrected chi connectivity index (χ2v) is 6.76. The van der Waals surface area contributed by atoms with E-state index < -0.39 is 0 Å². The van der Waals surface area contributed by atoms with Crippen LogP contribution < -0.4 is 5.32 Å². The van der Waals surface area contributed by atoms with E-state index in [2.05, 4.69) is 20.6 Å². The lowest BCUT2D eigenvalue weighted by molar-refractivity contribution is 0.0948. The summed E-state index contributed by atoms with van der Waals surface area (Å²) in [7, 11) is 0. The lowest BCUT2D eigenvalue weighted by atomic mass is 10.2. The summed E-state index contributed by atoms with van der Waals surface area (Å²) < 4.78 is 9.10. The van der Waals surface area contributed by atoms with Crippen LogP contribution in [0.3, 0.4) is 0 Å². The van der Waals surface area contributed by atoms with Crippen molar-refractivity contribution in [2.45, 2.75) is 19.9 Å². The Bertz CT molecular complexity index is 1120. The smallest absolute Gasteiger partial charge is 0.271 e. The van der Waals surface area contributed by atoms with Gasteiger partial charge >= 0.3 is 0 Å². The van der Waals surface area contributed by atoms with Crippen molar-refractivity contribution in [2.75, 3.05) is 6.54 Å². The Hall–Kier alpha value is -3.39. The highest BCUT2D eigenvalue weighted by Crippen LogP contribution is 2.25. The van der Waals surface area contributed by atoms with Gasteiger partial charge in [0.1, 0.15) is 17.8 Å². The van der Waals surface area contributed by atoms with Crippen LogP contribution in [-0.2, 0) is 13.0 Å². The Balaban J connectivity index is 1.56. The number of hydrogen-bond donors (Lipinski definition) is 1. The zero-order valence-corrected chi connectivity index (χ0v) is 16.5. The highest BCUT2D eigenvalue weighted by atomic mass is 35.5. The van der Waals surface area contributed by atoms with Crippen LogP contribution in [0.5, 0.6) is 0 Å². The van der Waals surface area contributed by atoms with E-state index in [4.69, 9.17) is 16.0 Å². The Labute approximate surface area is 172 Å². The molecule has 3 aromatic heterocycles. The highest BCUT2D eigenvalue weighted by Gasteiger charge is 2.18. The van der Waals surface area contributed by atoms with Crippen molar-refractivity contribution in [1.82, 2.24) is 29.9 Å². The standard InChI is InChI=1S/C20H19ClN6O2/c1-2-26-13-23-24-19(26)8-9-22-20(28)16-12-17(18-7-4-10-29-18)27(25-16)15-6-3-5-14(21)11-15/h3-7,10-13H,2,8-9H2,1H3,(H,22,28). The minimum Gasteiger partial charge on any atom is -0.463 e. The predicted molar refractivity (Wildman–Crippen MR) is 108 cm³/mol. The van der Waals surface area contributed by atoms with E-state index in [0.29, 0.717) is 29.4 Å². The zero-order chi connectivity index (χ0) is 20.2. The fourth-order valence-electron chi connectivity index (χ4n) is 3.01. The molecule has 1 aromatic carbocycles. The topological polar surface area (TPSA) is 90.8 Å². The van der Waals surface area contributed by atoms with Crippen LogP contribution in [0.25, 0.3) is 17.1 Å². The second kappa shape index (κ2) is 8.32. The maximum Gasteiger partial charge on any atom is 0.271 e. The number of rotatable bonds is 7. The van der Waals surface area contributed by atoms with Crippen LogP contribution in [0.2, 0.25) is 5.02 Å². The molecule has 0 fully saturated rings. The number of nitrogens with one attached hydrogen (secondary N) is 1. The molecule has 0 aliphatic carbocycles. The molecule has 0 unspecified atom stereocenters. The van der Waals surface area contributed by atoms with Gasteiger partial charge in [0.05, 0.1) is 12.0 Å². The fourth-order valence-corrected chi connectivity index (χ4v) is 3.20. The number of furan rings is 1. The summed E-state index contributed by atoms with van der Waals surface area (Å²) >= 11 is 6.13. The maximum atomic E-state index is 12.7. The number of aromatic nitrogens is 5. The van der Waals surface area contributed by atoms with E-state index in [1.165, 1.54) is 0 Å². The summed E-state index contributed by atoms with van der Waals surface area (Å²) in [6, 6.07) is 12.6. The molecule has 0 atom stereocenters. The minimum atomic E-state index is -0.277. The summed E-state index contributed by atoms with van der Waals surface area (Å²) in [6.45, 7) is 3.23. The van der Waals surface area contributed by atoms with Crippen molar-refractivity contribution in [1.29, 1.82) is 0 Å². The summed E-state index contributed by atoms with van der Waals surface area (Å²) in [5, 5.41) is 15.9. The number of benzene rings is 1. The molecule has 0 radical (unpaired) electrons. The van der Waals surface area contributed by atoms with Gasteiger partial charge in [0, 0.05) is 30.6 Å². The Kier molecular flexibility index (Phi) is 5.44. The highest BCUT2D eigenvalue weighted by molar-refractivity contribution is 6.30. The normalized spacial score (nSPS) is 11.0. The van der Waals surface area contributed by atoms with Gasteiger partial charge in [-0.2, -0.15) is 5.10 Å². The molecule has 9 heteroatoms. The van der Waals surface area contributed by atoms with Gasteiger partial charge in [-0.3, -0.25) is 4.79 Å². The monoisotopic (exact) mass is 410 g/mol. The summed E-state index contributed by atoms with van der Waals surface area (Å²) in [5.74, 6) is 1.15. The van der Waals surface area contributed by atoms with Crippen LogP contribution in [0.1, 0.15) is 23.2 Å². The Morgan fingerprint density at radius 2 is 2.14 bits per heavy atom.